The molecule has 0 atom stereocenters. The maximum Gasteiger partial charge on any atom is 0.0388 e. The molecule has 1 aliphatic rings. The molecule has 0 aromatic rings. The standard InChI is InChI=1S/C9H17N/c1-8(2)9-6-4-3-5-7-10-9/h8H,3-7H2,1-2H3. The van der Waals surface area contributed by atoms with E-state index in [9.17, 15) is 0 Å². The number of rotatable bonds is 1. The van der Waals surface area contributed by atoms with Gasteiger partial charge in [-0.25, -0.2) is 0 Å². The van der Waals surface area contributed by atoms with E-state index < -0.39 is 0 Å². The molecule has 1 heterocycles. The molecule has 0 saturated heterocycles. The smallest absolute Gasteiger partial charge is 0.0388 e. The maximum absolute atomic E-state index is 4.54. The summed E-state index contributed by atoms with van der Waals surface area (Å²) in [5.74, 6) is 0.679. The van der Waals surface area contributed by atoms with E-state index in [0.29, 0.717) is 5.92 Å². The molecule has 10 heavy (non-hydrogen) atoms. The molecule has 0 amide bonds. The molecule has 1 heteroatoms. The van der Waals surface area contributed by atoms with Gasteiger partial charge < -0.3 is 0 Å². The molecule has 0 radical (unpaired) electrons. The minimum absolute atomic E-state index is 0.679. The van der Waals surface area contributed by atoms with Crippen LogP contribution in [-0.4, -0.2) is 12.3 Å². The van der Waals surface area contributed by atoms with Gasteiger partial charge in [-0.05, 0) is 25.2 Å². The molecular formula is C9H17N. The first kappa shape index (κ1) is 7.77. The molecule has 0 fully saturated rings. The van der Waals surface area contributed by atoms with Crippen molar-refractivity contribution in [3.05, 3.63) is 0 Å². The summed E-state index contributed by atoms with van der Waals surface area (Å²) < 4.78 is 0. The van der Waals surface area contributed by atoms with Crippen molar-refractivity contribution in [2.24, 2.45) is 10.9 Å². The molecule has 1 rings (SSSR count). The Morgan fingerprint density at radius 3 is 2.70 bits per heavy atom. The van der Waals surface area contributed by atoms with Crippen LogP contribution in [0.2, 0.25) is 0 Å². The summed E-state index contributed by atoms with van der Waals surface area (Å²) in [6.07, 6.45) is 5.28. The van der Waals surface area contributed by atoms with Crippen molar-refractivity contribution in [3.63, 3.8) is 0 Å². The number of aliphatic imine (C=N–C) groups is 1. The first-order chi connectivity index (χ1) is 4.80. The van der Waals surface area contributed by atoms with Gasteiger partial charge in [0.05, 0.1) is 0 Å². The highest BCUT2D eigenvalue weighted by atomic mass is 14.7. The molecular weight excluding hydrogens is 122 g/mol. The van der Waals surface area contributed by atoms with Crippen LogP contribution in [0.4, 0.5) is 0 Å². The van der Waals surface area contributed by atoms with Gasteiger partial charge in [0, 0.05) is 12.3 Å². The Morgan fingerprint density at radius 1 is 1.20 bits per heavy atom. The summed E-state index contributed by atoms with van der Waals surface area (Å²) in [6.45, 7) is 5.56. The zero-order valence-electron chi connectivity index (χ0n) is 7.06. The molecule has 0 spiro atoms. The molecule has 0 N–H and O–H groups in total. The molecule has 0 aromatic carbocycles. The van der Waals surface area contributed by atoms with Crippen LogP contribution in [0.5, 0.6) is 0 Å². The van der Waals surface area contributed by atoms with Crippen LogP contribution < -0.4 is 0 Å². The Labute approximate surface area is 63.5 Å². The highest BCUT2D eigenvalue weighted by Crippen LogP contribution is 2.12. The third kappa shape index (κ3) is 2.13. The molecule has 0 unspecified atom stereocenters. The van der Waals surface area contributed by atoms with Crippen molar-refractivity contribution in [3.8, 4) is 0 Å². The maximum atomic E-state index is 4.54. The predicted octanol–water partition coefficient (Wildman–Crippen LogP) is 2.66. The summed E-state index contributed by atoms with van der Waals surface area (Å²) in [6, 6.07) is 0. The van der Waals surface area contributed by atoms with Crippen molar-refractivity contribution < 1.29 is 0 Å². The molecule has 0 aromatic heterocycles. The lowest BCUT2D eigenvalue weighted by Crippen LogP contribution is -2.06. The van der Waals surface area contributed by atoms with E-state index in [-0.39, 0.29) is 0 Å². The second-order valence-electron chi connectivity index (χ2n) is 3.34. The summed E-state index contributed by atoms with van der Waals surface area (Å²) in [7, 11) is 0. The molecule has 58 valence electrons. The fourth-order valence-electron chi connectivity index (χ4n) is 1.37. The fraction of sp³-hybridized carbons (Fsp3) is 0.889. The Bertz CT molecular complexity index is 125. The molecule has 1 nitrogen and oxygen atoms in total. The van der Waals surface area contributed by atoms with Crippen LogP contribution in [0.15, 0.2) is 4.99 Å². The lowest BCUT2D eigenvalue weighted by molar-refractivity contribution is 0.726. The van der Waals surface area contributed by atoms with Gasteiger partial charge in [-0.3, -0.25) is 4.99 Å². The minimum Gasteiger partial charge on any atom is -0.294 e. The SMILES string of the molecule is CC(C)C1=NCCCCC1. The Morgan fingerprint density at radius 2 is 2.00 bits per heavy atom. The van der Waals surface area contributed by atoms with Gasteiger partial charge in [-0.2, -0.15) is 0 Å². The second kappa shape index (κ2) is 3.75. The Kier molecular flexibility index (Phi) is 2.91. The topological polar surface area (TPSA) is 12.4 Å². The van der Waals surface area contributed by atoms with Crippen molar-refractivity contribution in [2.45, 2.75) is 39.5 Å². The van der Waals surface area contributed by atoms with Crippen LogP contribution in [-0.2, 0) is 0 Å². The van der Waals surface area contributed by atoms with Crippen molar-refractivity contribution in [1.29, 1.82) is 0 Å². The summed E-state index contributed by atoms with van der Waals surface area (Å²) in [4.78, 5) is 4.54. The first-order valence-electron chi connectivity index (χ1n) is 4.34. The van der Waals surface area contributed by atoms with E-state index in [4.69, 9.17) is 0 Å². The van der Waals surface area contributed by atoms with Crippen LogP contribution in [0.25, 0.3) is 0 Å². The highest BCUT2D eigenvalue weighted by Gasteiger charge is 2.06. The average molecular weight is 139 g/mol. The van der Waals surface area contributed by atoms with E-state index >= 15 is 0 Å². The lowest BCUT2D eigenvalue weighted by atomic mass is 10.0. The van der Waals surface area contributed by atoms with Gasteiger partial charge in [0.1, 0.15) is 0 Å². The Balaban J connectivity index is 2.46. The lowest BCUT2D eigenvalue weighted by Gasteiger charge is -2.05. The van der Waals surface area contributed by atoms with Gasteiger partial charge >= 0.3 is 0 Å². The van der Waals surface area contributed by atoms with E-state index in [2.05, 4.69) is 18.8 Å². The Hall–Kier alpha value is -0.330. The van der Waals surface area contributed by atoms with E-state index in [0.717, 1.165) is 6.54 Å². The number of hydrogen-bond acceptors (Lipinski definition) is 1. The minimum atomic E-state index is 0.679. The highest BCUT2D eigenvalue weighted by molar-refractivity contribution is 5.86. The summed E-state index contributed by atoms with van der Waals surface area (Å²) in [5, 5.41) is 0. The van der Waals surface area contributed by atoms with E-state index in [1.54, 1.807) is 0 Å². The molecule has 0 aliphatic carbocycles. The van der Waals surface area contributed by atoms with Crippen LogP contribution in [0, 0.1) is 5.92 Å². The van der Waals surface area contributed by atoms with E-state index in [1.807, 2.05) is 0 Å². The van der Waals surface area contributed by atoms with Gasteiger partial charge in [0.15, 0.2) is 0 Å². The van der Waals surface area contributed by atoms with E-state index in [1.165, 1.54) is 31.4 Å². The zero-order chi connectivity index (χ0) is 7.40. The largest absolute Gasteiger partial charge is 0.294 e. The van der Waals surface area contributed by atoms with Gasteiger partial charge in [0.2, 0.25) is 0 Å². The van der Waals surface area contributed by atoms with Crippen LogP contribution in [0.1, 0.15) is 39.5 Å². The third-order valence-electron chi connectivity index (χ3n) is 2.07. The second-order valence-corrected chi connectivity index (χ2v) is 3.34. The van der Waals surface area contributed by atoms with Gasteiger partial charge in [-0.15, -0.1) is 0 Å². The van der Waals surface area contributed by atoms with Crippen LogP contribution in [0.3, 0.4) is 0 Å². The van der Waals surface area contributed by atoms with Gasteiger partial charge in [-0.1, -0.05) is 20.3 Å². The molecule has 0 saturated carbocycles. The summed E-state index contributed by atoms with van der Waals surface area (Å²) >= 11 is 0. The fourth-order valence-corrected chi connectivity index (χ4v) is 1.37. The third-order valence-corrected chi connectivity index (χ3v) is 2.07. The first-order valence-corrected chi connectivity index (χ1v) is 4.34. The summed E-state index contributed by atoms with van der Waals surface area (Å²) in [5.41, 5.74) is 1.44. The van der Waals surface area contributed by atoms with Crippen molar-refractivity contribution >= 4 is 5.71 Å². The van der Waals surface area contributed by atoms with Crippen LogP contribution >= 0.6 is 0 Å². The van der Waals surface area contributed by atoms with Gasteiger partial charge in [0.25, 0.3) is 0 Å². The average Bonchev–Trinajstić information content (AvgIpc) is 2.12. The zero-order valence-corrected chi connectivity index (χ0v) is 7.06. The molecule has 1 aliphatic heterocycles. The normalized spacial score (nSPS) is 20.5. The van der Waals surface area contributed by atoms with Crippen molar-refractivity contribution in [2.75, 3.05) is 6.54 Å². The number of hydrogen-bond donors (Lipinski definition) is 0. The van der Waals surface area contributed by atoms with Crippen molar-refractivity contribution in [1.82, 2.24) is 0 Å². The monoisotopic (exact) mass is 139 g/mol. The quantitative estimate of drug-likeness (QED) is 0.529. The molecule has 0 bridgehead atoms. The number of nitrogens with zero attached hydrogens (tertiary/aromatic N) is 1. The predicted molar refractivity (Wildman–Crippen MR) is 45.6 cm³/mol.